The van der Waals surface area contributed by atoms with E-state index in [0.717, 1.165) is 12.3 Å². The molecule has 1 aliphatic rings. The molecule has 2 rings (SSSR count). The van der Waals surface area contributed by atoms with E-state index in [2.05, 4.69) is 16.0 Å². The molecule has 0 bridgehead atoms. The van der Waals surface area contributed by atoms with Crippen LogP contribution >= 0.6 is 11.8 Å². The van der Waals surface area contributed by atoms with Crippen molar-refractivity contribution in [1.82, 2.24) is 4.98 Å². The second-order valence-electron chi connectivity index (χ2n) is 2.14. The lowest BCUT2D eigenvalue weighted by molar-refractivity contribution is 1.17. The fraction of sp³-hybridized carbons (Fsp3) is 0.286. The Morgan fingerprint density at radius 1 is 1.60 bits per heavy atom. The van der Waals surface area contributed by atoms with E-state index in [9.17, 15) is 0 Å². The Bertz CT molecular complexity index is 238. The van der Waals surface area contributed by atoms with Gasteiger partial charge in [-0.3, -0.25) is 4.99 Å². The SMILES string of the molecule is c1cc(C2=NCCS2)c[nH]1. The van der Waals surface area contributed by atoms with Crippen LogP contribution in [0, 0.1) is 0 Å². The molecule has 1 N–H and O–H groups in total. The summed E-state index contributed by atoms with van der Waals surface area (Å²) in [4.78, 5) is 7.35. The lowest BCUT2D eigenvalue weighted by atomic mass is 10.4. The molecule has 0 atom stereocenters. The van der Waals surface area contributed by atoms with Gasteiger partial charge in [-0.05, 0) is 6.07 Å². The van der Waals surface area contributed by atoms with Crippen LogP contribution < -0.4 is 0 Å². The van der Waals surface area contributed by atoms with Gasteiger partial charge in [0.15, 0.2) is 0 Å². The molecule has 0 unspecified atom stereocenters. The smallest absolute Gasteiger partial charge is 0.0993 e. The summed E-state index contributed by atoms with van der Waals surface area (Å²) in [5, 5.41) is 1.18. The van der Waals surface area contributed by atoms with E-state index >= 15 is 0 Å². The van der Waals surface area contributed by atoms with Gasteiger partial charge in [0.25, 0.3) is 0 Å². The maximum atomic E-state index is 4.34. The monoisotopic (exact) mass is 152 g/mol. The third kappa shape index (κ3) is 0.968. The molecule has 0 saturated carbocycles. The number of aliphatic imine (C=N–C) groups is 1. The van der Waals surface area contributed by atoms with Crippen LogP contribution in [0.5, 0.6) is 0 Å². The van der Waals surface area contributed by atoms with Crippen molar-refractivity contribution in [2.24, 2.45) is 4.99 Å². The predicted octanol–water partition coefficient (Wildman–Crippen LogP) is 1.51. The number of nitrogens with zero attached hydrogens (tertiary/aromatic N) is 1. The van der Waals surface area contributed by atoms with Crippen molar-refractivity contribution in [3.8, 4) is 0 Å². The van der Waals surface area contributed by atoms with E-state index in [1.54, 1.807) is 0 Å². The lowest BCUT2D eigenvalue weighted by Gasteiger charge is -1.90. The van der Waals surface area contributed by atoms with Crippen LogP contribution in [0.2, 0.25) is 0 Å². The molecule has 3 heteroatoms. The average Bonchev–Trinajstić information content (AvgIpc) is 2.59. The summed E-state index contributed by atoms with van der Waals surface area (Å²) in [6, 6.07) is 2.05. The summed E-state index contributed by atoms with van der Waals surface area (Å²) in [7, 11) is 0. The molecule has 0 amide bonds. The van der Waals surface area contributed by atoms with Gasteiger partial charge in [-0.25, -0.2) is 0 Å². The van der Waals surface area contributed by atoms with Crippen LogP contribution in [0.25, 0.3) is 0 Å². The minimum atomic E-state index is 0.977. The fourth-order valence-electron chi connectivity index (χ4n) is 0.967. The van der Waals surface area contributed by atoms with Crippen molar-refractivity contribution in [2.45, 2.75) is 0 Å². The highest BCUT2D eigenvalue weighted by molar-refractivity contribution is 8.14. The maximum Gasteiger partial charge on any atom is 0.0993 e. The number of hydrogen-bond acceptors (Lipinski definition) is 2. The van der Waals surface area contributed by atoms with Crippen molar-refractivity contribution in [3.05, 3.63) is 24.0 Å². The summed E-state index contributed by atoms with van der Waals surface area (Å²) in [6.45, 7) is 0.977. The minimum absolute atomic E-state index is 0.977. The van der Waals surface area contributed by atoms with E-state index in [1.807, 2.05) is 24.2 Å². The Morgan fingerprint density at radius 3 is 3.20 bits per heavy atom. The topological polar surface area (TPSA) is 28.1 Å². The Morgan fingerprint density at radius 2 is 2.60 bits per heavy atom. The summed E-state index contributed by atoms with van der Waals surface area (Å²) < 4.78 is 0. The molecule has 0 spiro atoms. The van der Waals surface area contributed by atoms with Crippen molar-refractivity contribution in [2.75, 3.05) is 12.3 Å². The first kappa shape index (κ1) is 6.04. The zero-order chi connectivity index (χ0) is 6.81. The van der Waals surface area contributed by atoms with Gasteiger partial charge in [-0.2, -0.15) is 0 Å². The van der Waals surface area contributed by atoms with E-state index in [1.165, 1.54) is 10.6 Å². The van der Waals surface area contributed by atoms with Crippen molar-refractivity contribution < 1.29 is 0 Å². The molecular weight excluding hydrogens is 144 g/mol. The van der Waals surface area contributed by atoms with Gasteiger partial charge in [-0.15, -0.1) is 11.8 Å². The number of aromatic nitrogens is 1. The molecule has 0 saturated heterocycles. The summed E-state index contributed by atoms with van der Waals surface area (Å²) >= 11 is 1.83. The second kappa shape index (κ2) is 2.50. The van der Waals surface area contributed by atoms with Crippen LogP contribution in [-0.4, -0.2) is 22.3 Å². The Kier molecular flexibility index (Phi) is 1.51. The molecule has 0 fully saturated rings. The number of nitrogens with one attached hydrogen (secondary N) is 1. The molecule has 1 aliphatic heterocycles. The largest absolute Gasteiger partial charge is 0.367 e. The second-order valence-corrected chi connectivity index (χ2v) is 3.22. The van der Waals surface area contributed by atoms with Gasteiger partial charge in [0.05, 0.1) is 5.04 Å². The first-order valence-electron chi connectivity index (χ1n) is 3.27. The quantitative estimate of drug-likeness (QED) is 0.649. The van der Waals surface area contributed by atoms with Crippen LogP contribution in [0.15, 0.2) is 23.5 Å². The molecule has 0 radical (unpaired) electrons. The number of H-pyrrole nitrogens is 1. The number of rotatable bonds is 1. The third-order valence-corrected chi connectivity index (χ3v) is 2.46. The van der Waals surface area contributed by atoms with Crippen molar-refractivity contribution in [1.29, 1.82) is 0 Å². The standard InChI is InChI=1S/C7H8N2S/c1-2-8-5-6(1)7-9-3-4-10-7/h1-2,5,8H,3-4H2. The van der Waals surface area contributed by atoms with Crippen LogP contribution in [0.3, 0.4) is 0 Å². The molecule has 2 heterocycles. The number of thioether (sulfide) groups is 1. The highest BCUT2D eigenvalue weighted by atomic mass is 32.2. The summed E-state index contributed by atoms with van der Waals surface area (Å²) in [5.74, 6) is 1.14. The zero-order valence-electron chi connectivity index (χ0n) is 5.50. The molecule has 2 nitrogen and oxygen atoms in total. The van der Waals surface area contributed by atoms with E-state index in [0.29, 0.717) is 0 Å². The van der Waals surface area contributed by atoms with Gasteiger partial charge in [0.2, 0.25) is 0 Å². The maximum absolute atomic E-state index is 4.34. The molecule has 10 heavy (non-hydrogen) atoms. The Balaban J connectivity index is 2.28. The molecule has 0 aliphatic carbocycles. The van der Waals surface area contributed by atoms with Crippen molar-refractivity contribution in [3.63, 3.8) is 0 Å². The Labute approximate surface area is 63.7 Å². The van der Waals surface area contributed by atoms with E-state index in [4.69, 9.17) is 0 Å². The average molecular weight is 152 g/mol. The van der Waals surface area contributed by atoms with Gasteiger partial charge in [0, 0.05) is 30.3 Å². The summed E-state index contributed by atoms with van der Waals surface area (Å²) in [5.41, 5.74) is 1.22. The van der Waals surface area contributed by atoms with E-state index in [-0.39, 0.29) is 0 Å². The van der Waals surface area contributed by atoms with Gasteiger partial charge < -0.3 is 4.98 Å². The number of aromatic amines is 1. The minimum Gasteiger partial charge on any atom is -0.367 e. The fourth-order valence-corrected chi connectivity index (χ4v) is 1.82. The molecule has 52 valence electrons. The van der Waals surface area contributed by atoms with Gasteiger partial charge in [0.1, 0.15) is 0 Å². The first-order valence-corrected chi connectivity index (χ1v) is 4.26. The molecule has 1 aromatic rings. The first-order chi connectivity index (χ1) is 4.97. The highest BCUT2D eigenvalue weighted by Crippen LogP contribution is 2.17. The summed E-state index contributed by atoms with van der Waals surface area (Å²) in [6.07, 6.45) is 3.91. The molecule has 0 aromatic carbocycles. The lowest BCUT2D eigenvalue weighted by Crippen LogP contribution is -1.86. The molecular formula is C7H8N2S. The zero-order valence-corrected chi connectivity index (χ0v) is 6.32. The normalized spacial score (nSPS) is 17.4. The van der Waals surface area contributed by atoms with E-state index < -0.39 is 0 Å². The number of hydrogen-bond donors (Lipinski definition) is 1. The van der Waals surface area contributed by atoms with Gasteiger partial charge >= 0.3 is 0 Å². The van der Waals surface area contributed by atoms with Gasteiger partial charge in [-0.1, -0.05) is 0 Å². The highest BCUT2D eigenvalue weighted by Gasteiger charge is 2.08. The third-order valence-electron chi connectivity index (χ3n) is 1.43. The molecule has 1 aromatic heterocycles. The van der Waals surface area contributed by atoms with Crippen molar-refractivity contribution >= 4 is 16.8 Å². The van der Waals surface area contributed by atoms with Crippen LogP contribution in [0.1, 0.15) is 5.56 Å². The Hall–Kier alpha value is -0.700. The van der Waals surface area contributed by atoms with Crippen LogP contribution in [0.4, 0.5) is 0 Å². The predicted molar refractivity (Wildman–Crippen MR) is 44.7 cm³/mol. The van der Waals surface area contributed by atoms with Crippen LogP contribution in [-0.2, 0) is 0 Å².